The molecule has 0 atom stereocenters. The highest BCUT2D eigenvalue weighted by atomic mass is 35.5. The molecule has 1 aromatic heterocycles. The zero-order valence-corrected chi connectivity index (χ0v) is 18.8. The number of para-hydroxylation sites is 1. The first-order chi connectivity index (χ1) is 14.8. The molecular weight excluding hydrogens is 433 g/mol. The molecule has 7 heteroatoms. The molecule has 0 aliphatic rings. The van der Waals surface area contributed by atoms with Crippen molar-refractivity contribution in [1.29, 1.82) is 0 Å². The van der Waals surface area contributed by atoms with Gasteiger partial charge in [-0.15, -0.1) is 0 Å². The smallest absolute Gasteiger partial charge is 0.326 e. The van der Waals surface area contributed by atoms with E-state index in [1.807, 2.05) is 62.3 Å². The maximum Gasteiger partial charge on any atom is 0.326 e. The van der Waals surface area contributed by atoms with Crippen LogP contribution in [0.25, 0.3) is 22.1 Å². The number of anilines is 3. The number of carbonyl (C=O) groups is 1. The molecular formula is C24H21Cl2N3O2. The Labute approximate surface area is 190 Å². The van der Waals surface area contributed by atoms with E-state index in [-0.39, 0.29) is 0 Å². The van der Waals surface area contributed by atoms with Gasteiger partial charge in [-0.25, -0.2) is 4.79 Å². The second kappa shape index (κ2) is 8.53. The third kappa shape index (κ3) is 4.20. The molecule has 0 radical (unpaired) electrons. The first kappa shape index (κ1) is 21.1. The minimum absolute atomic E-state index is 0.294. The van der Waals surface area contributed by atoms with Crippen molar-refractivity contribution in [3.8, 4) is 11.1 Å². The number of nitrogens with one attached hydrogen (secondary N) is 2. The molecule has 0 fully saturated rings. The summed E-state index contributed by atoms with van der Waals surface area (Å²) in [6.07, 6.45) is 0. The van der Waals surface area contributed by atoms with Gasteiger partial charge in [-0.3, -0.25) is 5.32 Å². The van der Waals surface area contributed by atoms with Gasteiger partial charge in [-0.2, -0.15) is 0 Å². The molecule has 1 heterocycles. The molecule has 0 aliphatic heterocycles. The minimum Gasteiger partial charge on any atom is -0.440 e. The van der Waals surface area contributed by atoms with Crippen LogP contribution in [-0.2, 0) is 0 Å². The van der Waals surface area contributed by atoms with Crippen LogP contribution in [0, 0.1) is 6.92 Å². The van der Waals surface area contributed by atoms with Crippen molar-refractivity contribution in [2.45, 2.75) is 6.92 Å². The van der Waals surface area contributed by atoms with E-state index in [1.54, 1.807) is 24.3 Å². The number of hydrogen-bond acceptors (Lipinski definition) is 3. The second-order valence-electron chi connectivity index (χ2n) is 7.37. The third-order valence-corrected chi connectivity index (χ3v) is 5.56. The SMILES string of the molecule is Cc1cccc(N(C)C)c1NC(=O)Nc1oc2ccc(Cl)cc2c1-c1ccccc1Cl. The number of halogens is 2. The molecule has 2 N–H and O–H groups in total. The van der Waals surface area contributed by atoms with Gasteiger partial charge in [0, 0.05) is 35.1 Å². The number of urea groups is 1. The van der Waals surface area contributed by atoms with Crippen LogP contribution in [-0.4, -0.2) is 20.1 Å². The van der Waals surface area contributed by atoms with Gasteiger partial charge in [0.1, 0.15) is 5.58 Å². The molecule has 4 rings (SSSR count). The second-order valence-corrected chi connectivity index (χ2v) is 8.21. The van der Waals surface area contributed by atoms with E-state index in [0.29, 0.717) is 27.1 Å². The predicted octanol–water partition coefficient (Wildman–Crippen LogP) is 7.43. The van der Waals surface area contributed by atoms with E-state index in [2.05, 4.69) is 10.6 Å². The Balaban J connectivity index is 1.75. The lowest BCUT2D eigenvalue weighted by Crippen LogP contribution is -2.22. The summed E-state index contributed by atoms with van der Waals surface area (Å²) < 4.78 is 5.98. The maximum absolute atomic E-state index is 13.0. The third-order valence-electron chi connectivity index (χ3n) is 4.99. The lowest BCUT2D eigenvalue weighted by molar-refractivity contribution is 0.261. The summed E-state index contributed by atoms with van der Waals surface area (Å²) in [4.78, 5) is 14.9. The molecule has 4 aromatic rings. The predicted molar refractivity (Wildman–Crippen MR) is 130 cm³/mol. The number of hydrogen-bond donors (Lipinski definition) is 2. The Bertz CT molecular complexity index is 1280. The molecule has 31 heavy (non-hydrogen) atoms. The highest BCUT2D eigenvalue weighted by molar-refractivity contribution is 6.34. The molecule has 0 saturated heterocycles. The fourth-order valence-corrected chi connectivity index (χ4v) is 3.93. The van der Waals surface area contributed by atoms with Crippen LogP contribution in [0.5, 0.6) is 0 Å². The van der Waals surface area contributed by atoms with Gasteiger partial charge in [0.05, 0.1) is 16.9 Å². The normalized spacial score (nSPS) is 10.9. The van der Waals surface area contributed by atoms with Crippen LogP contribution >= 0.6 is 23.2 Å². The van der Waals surface area contributed by atoms with Crippen molar-refractivity contribution in [2.24, 2.45) is 0 Å². The van der Waals surface area contributed by atoms with Gasteiger partial charge in [0.25, 0.3) is 0 Å². The van der Waals surface area contributed by atoms with Crippen LogP contribution in [0.4, 0.5) is 22.1 Å². The largest absolute Gasteiger partial charge is 0.440 e. The van der Waals surface area contributed by atoms with E-state index in [9.17, 15) is 4.79 Å². The standard InChI is InChI=1S/C24H21Cl2N3O2/c1-14-7-6-10-19(29(2)3)22(14)27-24(30)28-23-21(16-8-4-5-9-18(16)26)17-13-15(25)11-12-20(17)31-23/h4-13H,1-3H3,(H2,27,28,30). The first-order valence-corrected chi connectivity index (χ1v) is 10.4. The highest BCUT2D eigenvalue weighted by Crippen LogP contribution is 2.42. The molecule has 0 saturated carbocycles. The van der Waals surface area contributed by atoms with E-state index >= 15 is 0 Å². The van der Waals surface area contributed by atoms with Gasteiger partial charge >= 0.3 is 6.03 Å². The lowest BCUT2D eigenvalue weighted by Gasteiger charge is -2.20. The Kier molecular flexibility index (Phi) is 5.81. The highest BCUT2D eigenvalue weighted by Gasteiger charge is 2.21. The monoisotopic (exact) mass is 453 g/mol. The van der Waals surface area contributed by atoms with Crippen molar-refractivity contribution in [3.63, 3.8) is 0 Å². The number of nitrogens with zero attached hydrogens (tertiary/aromatic N) is 1. The number of carbonyl (C=O) groups excluding carboxylic acids is 1. The van der Waals surface area contributed by atoms with E-state index in [1.165, 1.54) is 0 Å². The molecule has 3 aromatic carbocycles. The number of fused-ring (bicyclic) bond motifs is 1. The lowest BCUT2D eigenvalue weighted by atomic mass is 10.0. The molecule has 5 nitrogen and oxygen atoms in total. The van der Waals surface area contributed by atoms with Crippen LogP contribution in [0.1, 0.15) is 5.56 Å². The fraction of sp³-hybridized carbons (Fsp3) is 0.125. The summed E-state index contributed by atoms with van der Waals surface area (Å²) in [7, 11) is 3.85. The van der Waals surface area contributed by atoms with Gasteiger partial charge in [0.2, 0.25) is 5.88 Å². The number of amides is 2. The average Bonchev–Trinajstić information content (AvgIpc) is 3.06. The van der Waals surface area contributed by atoms with Crippen LogP contribution in [0.3, 0.4) is 0 Å². The Morgan fingerprint density at radius 2 is 1.74 bits per heavy atom. The summed E-state index contributed by atoms with van der Waals surface area (Å²) >= 11 is 12.7. The van der Waals surface area contributed by atoms with E-state index in [4.69, 9.17) is 27.6 Å². The van der Waals surface area contributed by atoms with Crippen molar-refractivity contribution in [3.05, 3.63) is 76.3 Å². The minimum atomic E-state index is -0.421. The summed E-state index contributed by atoms with van der Waals surface area (Å²) in [6, 6.07) is 18.1. The van der Waals surface area contributed by atoms with Gasteiger partial charge in [0.15, 0.2) is 0 Å². The number of aryl methyl sites for hydroxylation is 1. The van der Waals surface area contributed by atoms with Gasteiger partial charge in [-0.05, 0) is 42.8 Å². The summed E-state index contributed by atoms with van der Waals surface area (Å²) in [5, 5.41) is 7.67. The van der Waals surface area contributed by atoms with Crippen molar-refractivity contribution in [1.82, 2.24) is 0 Å². The quantitative estimate of drug-likeness (QED) is 0.337. The van der Waals surface area contributed by atoms with Crippen molar-refractivity contribution in [2.75, 3.05) is 29.6 Å². The molecule has 0 aliphatic carbocycles. The molecule has 2 amide bonds. The van der Waals surface area contributed by atoms with Crippen molar-refractivity contribution >= 4 is 57.5 Å². The Hall–Kier alpha value is -3.15. The topological polar surface area (TPSA) is 57.5 Å². The Morgan fingerprint density at radius 1 is 0.968 bits per heavy atom. The maximum atomic E-state index is 13.0. The molecule has 158 valence electrons. The van der Waals surface area contributed by atoms with E-state index in [0.717, 1.165) is 27.9 Å². The number of benzene rings is 3. The van der Waals surface area contributed by atoms with Crippen LogP contribution < -0.4 is 15.5 Å². The Morgan fingerprint density at radius 3 is 2.48 bits per heavy atom. The molecule has 0 bridgehead atoms. The molecule has 0 unspecified atom stereocenters. The van der Waals surface area contributed by atoms with Crippen molar-refractivity contribution < 1.29 is 9.21 Å². The first-order valence-electron chi connectivity index (χ1n) is 9.67. The summed E-state index contributed by atoms with van der Waals surface area (Å²) in [5.41, 5.74) is 4.59. The van der Waals surface area contributed by atoms with Gasteiger partial charge in [-0.1, -0.05) is 53.5 Å². The number of furan rings is 1. The summed E-state index contributed by atoms with van der Waals surface area (Å²) in [6.45, 7) is 1.95. The van der Waals surface area contributed by atoms with Crippen LogP contribution in [0.2, 0.25) is 10.0 Å². The van der Waals surface area contributed by atoms with Gasteiger partial charge < -0.3 is 14.6 Å². The summed E-state index contributed by atoms with van der Waals surface area (Å²) in [5.74, 6) is 0.294. The fourth-order valence-electron chi connectivity index (χ4n) is 3.52. The van der Waals surface area contributed by atoms with Crippen LogP contribution in [0.15, 0.2) is 65.1 Å². The zero-order chi connectivity index (χ0) is 22.1. The molecule has 0 spiro atoms. The number of rotatable bonds is 4. The van der Waals surface area contributed by atoms with E-state index < -0.39 is 6.03 Å². The zero-order valence-electron chi connectivity index (χ0n) is 17.3. The average molecular weight is 454 g/mol.